The molecule has 0 saturated carbocycles. The number of halogens is 3. The molecule has 0 amide bonds. The van der Waals surface area contributed by atoms with Crippen molar-refractivity contribution in [3.8, 4) is 5.88 Å². The summed E-state index contributed by atoms with van der Waals surface area (Å²) >= 11 is 0. The summed E-state index contributed by atoms with van der Waals surface area (Å²) in [7, 11) is 0. The van der Waals surface area contributed by atoms with Gasteiger partial charge in [-0.3, -0.25) is 4.79 Å². The summed E-state index contributed by atoms with van der Waals surface area (Å²) in [5.41, 5.74) is 0.928. The zero-order valence-electron chi connectivity index (χ0n) is 15.1. The number of ether oxygens (including phenoxy) is 1. The average molecular weight is 399 g/mol. The second-order valence-corrected chi connectivity index (χ2v) is 6.61. The second-order valence-electron chi connectivity index (χ2n) is 6.61. The first-order valence-electron chi connectivity index (χ1n) is 8.90. The quantitative estimate of drug-likeness (QED) is 0.642. The van der Waals surface area contributed by atoms with Gasteiger partial charge in [0.05, 0.1) is 11.5 Å². The van der Waals surface area contributed by atoms with Gasteiger partial charge in [-0.2, -0.15) is 13.2 Å². The summed E-state index contributed by atoms with van der Waals surface area (Å²) in [6, 6.07) is 11.7. The van der Waals surface area contributed by atoms with Gasteiger partial charge < -0.3 is 10.1 Å². The summed E-state index contributed by atoms with van der Waals surface area (Å²) in [4.78, 5) is 21.1. The molecule has 0 bridgehead atoms. The Kier molecular flexibility index (Phi) is 4.92. The topological polar surface area (TPSA) is 64.1 Å². The Balaban J connectivity index is 1.42. The number of carbonyl (C=O) groups is 1. The maximum Gasteiger partial charge on any atom is 0.416 e. The predicted molar refractivity (Wildman–Crippen MR) is 99.8 cm³/mol. The van der Waals surface area contributed by atoms with E-state index < -0.39 is 11.7 Å². The molecule has 1 unspecified atom stereocenters. The van der Waals surface area contributed by atoms with Crippen molar-refractivity contribution >= 4 is 11.6 Å². The summed E-state index contributed by atoms with van der Waals surface area (Å²) in [5.74, 6) is 0.518. The van der Waals surface area contributed by atoms with Crippen LogP contribution < -0.4 is 10.1 Å². The lowest BCUT2D eigenvalue weighted by Gasteiger charge is -2.11. The third-order valence-electron chi connectivity index (χ3n) is 4.67. The van der Waals surface area contributed by atoms with E-state index in [1.807, 2.05) is 6.07 Å². The minimum Gasteiger partial charge on any atom is -0.473 e. The van der Waals surface area contributed by atoms with Crippen LogP contribution in [-0.2, 0) is 12.8 Å². The molecule has 0 radical (unpaired) electrons. The van der Waals surface area contributed by atoms with E-state index in [4.69, 9.17) is 4.74 Å². The third-order valence-corrected chi connectivity index (χ3v) is 4.67. The molecule has 1 N–H and O–H groups in total. The molecule has 1 aromatic carbocycles. The fraction of sp³-hybridized carbons (Fsp3) is 0.190. The molecule has 4 rings (SSSR count). The number of carbonyl (C=O) groups excluding carboxylic acids is 1. The summed E-state index contributed by atoms with van der Waals surface area (Å²) in [5, 5.41) is 3.11. The lowest BCUT2D eigenvalue weighted by atomic mass is 9.94. The van der Waals surface area contributed by atoms with Crippen LogP contribution in [0.4, 0.5) is 19.0 Å². The monoisotopic (exact) mass is 399 g/mol. The number of aromatic nitrogens is 2. The van der Waals surface area contributed by atoms with Gasteiger partial charge in [-0.25, -0.2) is 9.97 Å². The fourth-order valence-corrected chi connectivity index (χ4v) is 3.20. The van der Waals surface area contributed by atoms with E-state index in [1.54, 1.807) is 24.4 Å². The van der Waals surface area contributed by atoms with Gasteiger partial charge in [0.1, 0.15) is 12.4 Å². The van der Waals surface area contributed by atoms with Gasteiger partial charge in [0.2, 0.25) is 5.88 Å². The van der Waals surface area contributed by atoms with Crippen molar-refractivity contribution in [1.82, 2.24) is 9.97 Å². The number of hydrogen-bond acceptors (Lipinski definition) is 5. The normalized spacial score (nSPS) is 15.5. The highest BCUT2D eigenvalue weighted by Gasteiger charge is 2.31. The number of hydrogen-bond donors (Lipinski definition) is 1. The Labute approximate surface area is 164 Å². The molecule has 8 heteroatoms. The molecule has 3 aromatic rings. The van der Waals surface area contributed by atoms with Crippen molar-refractivity contribution in [2.24, 2.45) is 0 Å². The Morgan fingerprint density at radius 3 is 2.76 bits per heavy atom. The SMILES string of the molecule is O=C(c1ccc(OCc2cccc(C(F)(F)F)c2)nc1)C1CNc2ncccc21. The number of nitrogens with one attached hydrogen (secondary N) is 1. The van der Waals surface area contributed by atoms with Gasteiger partial charge in [-0.05, 0) is 29.8 Å². The van der Waals surface area contributed by atoms with Gasteiger partial charge in [0.15, 0.2) is 5.78 Å². The first-order chi connectivity index (χ1) is 13.9. The smallest absolute Gasteiger partial charge is 0.416 e. The van der Waals surface area contributed by atoms with Crippen LogP contribution in [0.25, 0.3) is 0 Å². The molecule has 1 atom stereocenters. The largest absolute Gasteiger partial charge is 0.473 e. The zero-order chi connectivity index (χ0) is 20.4. The molecule has 0 fully saturated rings. The molecule has 1 aliphatic heterocycles. The Morgan fingerprint density at radius 2 is 2.00 bits per heavy atom. The van der Waals surface area contributed by atoms with Crippen LogP contribution in [0.15, 0.2) is 60.9 Å². The van der Waals surface area contributed by atoms with Gasteiger partial charge in [-0.15, -0.1) is 0 Å². The van der Waals surface area contributed by atoms with Crippen LogP contribution in [0.3, 0.4) is 0 Å². The summed E-state index contributed by atoms with van der Waals surface area (Å²) < 4.78 is 43.8. The molecule has 0 spiro atoms. The van der Waals surface area contributed by atoms with Crippen molar-refractivity contribution in [3.63, 3.8) is 0 Å². The third kappa shape index (κ3) is 4.06. The lowest BCUT2D eigenvalue weighted by Crippen LogP contribution is -2.15. The average Bonchev–Trinajstić information content (AvgIpc) is 3.16. The van der Waals surface area contributed by atoms with Crippen LogP contribution in [0.5, 0.6) is 5.88 Å². The standard InChI is InChI=1S/C21H16F3N3O2/c22-21(23,24)15-4-1-3-13(9-15)12-29-18-7-6-14(10-26-18)19(28)17-11-27-20-16(17)5-2-8-25-20/h1-10,17H,11-12H2,(H,25,27). The van der Waals surface area contributed by atoms with E-state index in [9.17, 15) is 18.0 Å². The Hall–Kier alpha value is -3.42. The molecule has 29 heavy (non-hydrogen) atoms. The number of benzene rings is 1. The second kappa shape index (κ2) is 7.54. The van der Waals surface area contributed by atoms with Crippen LogP contribution in [0.2, 0.25) is 0 Å². The van der Waals surface area contributed by atoms with Crippen LogP contribution in [-0.4, -0.2) is 22.3 Å². The maximum atomic E-state index is 12.8. The van der Waals surface area contributed by atoms with Crippen molar-refractivity contribution in [3.05, 3.63) is 83.2 Å². The maximum absolute atomic E-state index is 12.8. The molecule has 0 saturated heterocycles. The molecular formula is C21H16F3N3O2. The van der Waals surface area contributed by atoms with E-state index in [0.717, 1.165) is 17.7 Å². The van der Waals surface area contributed by atoms with Gasteiger partial charge in [-0.1, -0.05) is 18.2 Å². The van der Waals surface area contributed by atoms with E-state index in [0.29, 0.717) is 23.5 Å². The van der Waals surface area contributed by atoms with Crippen molar-refractivity contribution in [1.29, 1.82) is 0 Å². The van der Waals surface area contributed by atoms with E-state index >= 15 is 0 Å². The molecule has 0 aliphatic carbocycles. The van der Waals surface area contributed by atoms with E-state index in [2.05, 4.69) is 15.3 Å². The number of ketones is 1. The van der Waals surface area contributed by atoms with Crippen molar-refractivity contribution in [2.45, 2.75) is 18.7 Å². The Bertz CT molecular complexity index is 1040. The van der Waals surface area contributed by atoms with Crippen LogP contribution >= 0.6 is 0 Å². The zero-order valence-corrected chi connectivity index (χ0v) is 15.1. The highest BCUT2D eigenvalue weighted by molar-refractivity contribution is 6.02. The number of Topliss-reactive ketones (excluding diaryl/α,β-unsaturated/α-hetero) is 1. The minimum absolute atomic E-state index is 0.0597. The number of alkyl halides is 3. The number of pyridine rings is 2. The van der Waals surface area contributed by atoms with Gasteiger partial charge in [0, 0.05) is 36.1 Å². The first kappa shape index (κ1) is 18.9. The minimum atomic E-state index is -4.40. The number of anilines is 1. The summed E-state index contributed by atoms with van der Waals surface area (Å²) in [6.45, 7) is 0.411. The number of nitrogens with zero attached hydrogens (tertiary/aromatic N) is 2. The van der Waals surface area contributed by atoms with E-state index in [-0.39, 0.29) is 24.2 Å². The van der Waals surface area contributed by atoms with Gasteiger partial charge in [0.25, 0.3) is 0 Å². The predicted octanol–water partition coefficient (Wildman–Crippen LogP) is 4.47. The first-order valence-corrected chi connectivity index (χ1v) is 8.90. The van der Waals surface area contributed by atoms with Crippen LogP contribution in [0.1, 0.15) is 33.0 Å². The molecular weight excluding hydrogens is 383 g/mol. The molecule has 148 valence electrons. The fourth-order valence-electron chi connectivity index (χ4n) is 3.20. The molecule has 2 aromatic heterocycles. The Morgan fingerprint density at radius 1 is 1.14 bits per heavy atom. The lowest BCUT2D eigenvalue weighted by molar-refractivity contribution is -0.137. The van der Waals surface area contributed by atoms with Crippen molar-refractivity contribution < 1.29 is 22.7 Å². The van der Waals surface area contributed by atoms with Crippen molar-refractivity contribution in [2.75, 3.05) is 11.9 Å². The van der Waals surface area contributed by atoms with Gasteiger partial charge >= 0.3 is 6.18 Å². The molecule has 1 aliphatic rings. The molecule has 5 nitrogen and oxygen atoms in total. The highest BCUT2D eigenvalue weighted by atomic mass is 19.4. The number of fused-ring (bicyclic) bond motifs is 1. The summed E-state index contributed by atoms with van der Waals surface area (Å²) in [6.07, 6.45) is -1.32. The van der Waals surface area contributed by atoms with Crippen LogP contribution in [0, 0.1) is 0 Å². The highest BCUT2D eigenvalue weighted by Crippen LogP contribution is 2.32. The number of rotatable bonds is 5. The molecule has 3 heterocycles. The van der Waals surface area contributed by atoms with E-state index in [1.165, 1.54) is 18.3 Å².